The van der Waals surface area contributed by atoms with Crippen LogP contribution in [0.1, 0.15) is 34.6 Å². The molecule has 1 fully saturated rings. The van der Waals surface area contributed by atoms with Gasteiger partial charge in [-0.1, -0.05) is 0 Å². The number of aryl methyl sites for hydroxylation is 1. The highest BCUT2D eigenvalue weighted by Gasteiger charge is 2.26. The van der Waals surface area contributed by atoms with Crippen molar-refractivity contribution < 1.29 is 4.79 Å². The van der Waals surface area contributed by atoms with Crippen LogP contribution >= 0.6 is 0 Å². The number of pyridine rings is 1. The first-order chi connectivity index (χ1) is 12.4. The Bertz CT molecular complexity index is 937. The summed E-state index contributed by atoms with van der Waals surface area (Å²) in [7, 11) is 2.93. The molecule has 26 heavy (non-hydrogen) atoms. The normalized spacial score (nSPS) is 15.3. The van der Waals surface area contributed by atoms with Crippen molar-refractivity contribution in [2.75, 3.05) is 13.1 Å². The van der Waals surface area contributed by atoms with E-state index in [2.05, 4.69) is 11.1 Å². The molecule has 0 radical (unpaired) electrons. The number of hydrogen-bond acceptors (Lipinski definition) is 4. The van der Waals surface area contributed by atoms with E-state index in [1.54, 1.807) is 4.90 Å². The lowest BCUT2D eigenvalue weighted by Gasteiger charge is -2.32. The molecule has 0 aliphatic carbocycles. The third kappa shape index (κ3) is 3.61. The van der Waals surface area contributed by atoms with Crippen molar-refractivity contribution >= 4 is 5.91 Å². The van der Waals surface area contributed by atoms with Gasteiger partial charge in [-0.3, -0.25) is 23.7 Å². The van der Waals surface area contributed by atoms with E-state index in [0.717, 1.165) is 29.5 Å². The van der Waals surface area contributed by atoms with Crippen LogP contribution in [0.2, 0.25) is 0 Å². The van der Waals surface area contributed by atoms with Gasteiger partial charge in [-0.25, -0.2) is 4.79 Å². The quantitative estimate of drug-likeness (QED) is 0.818. The molecule has 7 heteroatoms. The van der Waals surface area contributed by atoms with E-state index in [1.165, 1.54) is 30.3 Å². The molecular weight excluding hydrogens is 332 g/mol. The minimum atomic E-state index is -0.483. The fraction of sp³-hybridized carbons (Fsp3) is 0.474. The van der Waals surface area contributed by atoms with Crippen molar-refractivity contribution in [3.05, 3.63) is 62.2 Å². The van der Waals surface area contributed by atoms with Crippen LogP contribution in [0.3, 0.4) is 0 Å². The second-order valence-corrected chi connectivity index (χ2v) is 7.01. The summed E-state index contributed by atoms with van der Waals surface area (Å²) in [5.74, 6) is 0.272. The number of aromatic nitrogens is 3. The lowest BCUT2D eigenvalue weighted by Crippen LogP contribution is -2.44. The molecule has 0 unspecified atom stereocenters. The number of amides is 1. The summed E-state index contributed by atoms with van der Waals surface area (Å²) in [5.41, 5.74) is 1.50. The average molecular weight is 356 g/mol. The minimum Gasteiger partial charge on any atom is -0.337 e. The highest BCUT2D eigenvalue weighted by atomic mass is 16.2. The largest absolute Gasteiger partial charge is 0.337 e. The van der Waals surface area contributed by atoms with Crippen LogP contribution < -0.4 is 11.2 Å². The number of nitrogens with zero attached hydrogens (tertiary/aromatic N) is 4. The Hall–Kier alpha value is -2.70. The van der Waals surface area contributed by atoms with Gasteiger partial charge in [0.1, 0.15) is 5.69 Å². The van der Waals surface area contributed by atoms with Crippen LogP contribution in [0, 0.1) is 12.8 Å². The second-order valence-electron chi connectivity index (χ2n) is 7.01. The van der Waals surface area contributed by atoms with Crippen molar-refractivity contribution in [2.24, 2.45) is 20.0 Å². The molecule has 1 amide bonds. The SMILES string of the molecule is Cc1cc(CC2CCN(C(=O)c3cc(=O)n(C)c(=O)n3C)CC2)ccn1. The molecule has 1 aliphatic heterocycles. The first-order valence-electron chi connectivity index (χ1n) is 8.84. The summed E-state index contributed by atoms with van der Waals surface area (Å²) < 4.78 is 2.25. The molecule has 7 nitrogen and oxygen atoms in total. The van der Waals surface area contributed by atoms with Gasteiger partial charge in [0, 0.05) is 45.1 Å². The van der Waals surface area contributed by atoms with Gasteiger partial charge in [-0.2, -0.15) is 0 Å². The van der Waals surface area contributed by atoms with Gasteiger partial charge in [0.05, 0.1) is 0 Å². The zero-order valence-corrected chi connectivity index (χ0v) is 15.4. The fourth-order valence-corrected chi connectivity index (χ4v) is 3.50. The van der Waals surface area contributed by atoms with Crippen LogP contribution in [0.5, 0.6) is 0 Å². The van der Waals surface area contributed by atoms with Gasteiger partial charge in [0.25, 0.3) is 11.5 Å². The number of likely N-dealkylation sites (tertiary alicyclic amines) is 1. The molecule has 2 aromatic heterocycles. The van der Waals surface area contributed by atoms with Gasteiger partial charge in [-0.05, 0) is 49.8 Å². The molecule has 0 atom stereocenters. The van der Waals surface area contributed by atoms with Gasteiger partial charge in [0.15, 0.2) is 0 Å². The summed E-state index contributed by atoms with van der Waals surface area (Å²) in [4.78, 5) is 42.6. The van der Waals surface area contributed by atoms with E-state index in [4.69, 9.17) is 0 Å². The molecule has 0 spiro atoms. The van der Waals surface area contributed by atoms with E-state index in [-0.39, 0.29) is 11.6 Å². The monoisotopic (exact) mass is 356 g/mol. The first kappa shape index (κ1) is 18.1. The summed E-state index contributed by atoms with van der Waals surface area (Å²) in [5, 5.41) is 0. The summed E-state index contributed by atoms with van der Waals surface area (Å²) >= 11 is 0. The standard InChI is InChI=1S/C19H24N4O3/c1-13-10-15(4-7-20-13)11-14-5-8-23(9-6-14)18(25)16-12-17(24)22(3)19(26)21(16)2/h4,7,10,12,14H,5-6,8-9,11H2,1-3H3. The first-order valence-corrected chi connectivity index (χ1v) is 8.84. The van der Waals surface area contributed by atoms with Crippen molar-refractivity contribution in [3.63, 3.8) is 0 Å². The number of carbonyl (C=O) groups excluding carboxylic acids is 1. The van der Waals surface area contributed by atoms with Crippen molar-refractivity contribution in [1.82, 2.24) is 19.0 Å². The maximum Gasteiger partial charge on any atom is 0.331 e. The molecular formula is C19H24N4O3. The number of carbonyl (C=O) groups is 1. The molecule has 1 saturated heterocycles. The molecule has 0 bridgehead atoms. The molecule has 0 N–H and O–H groups in total. The maximum absolute atomic E-state index is 12.8. The minimum absolute atomic E-state index is 0.154. The predicted molar refractivity (Wildman–Crippen MR) is 98.2 cm³/mol. The Kier molecular flexibility index (Phi) is 5.06. The Balaban J connectivity index is 1.68. The average Bonchev–Trinajstić information content (AvgIpc) is 2.63. The highest BCUT2D eigenvalue weighted by Crippen LogP contribution is 2.22. The van der Waals surface area contributed by atoms with Crippen molar-refractivity contribution in [1.29, 1.82) is 0 Å². The van der Waals surface area contributed by atoms with Crippen molar-refractivity contribution in [3.8, 4) is 0 Å². The van der Waals surface area contributed by atoms with Crippen LogP contribution in [-0.2, 0) is 20.5 Å². The number of rotatable bonds is 3. The van der Waals surface area contributed by atoms with Crippen molar-refractivity contribution in [2.45, 2.75) is 26.2 Å². The van der Waals surface area contributed by atoms with Crippen LogP contribution in [0.25, 0.3) is 0 Å². The Morgan fingerprint density at radius 1 is 1.15 bits per heavy atom. The lowest BCUT2D eigenvalue weighted by molar-refractivity contribution is 0.0678. The van der Waals surface area contributed by atoms with Gasteiger partial charge >= 0.3 is 5.69 Å². The summed E-state index contributed by atoms with van der Waals surface area (Å²) in [6.07, 6.45) is 4.63. The molecule has 0 saturated carbocycles. The second kappa shape index (κ2) is 7.27. The van der Waals surface area contributed by atoms with E-state index < -0.39 is 11.2 Å². The lowest BCUT2D eigenvalue weighted by atomic mass is 9.90. The molecule has 0 aromatic carbocycles. The van der Waals surface area contributed by atoms with E-state index >= 15 is 0 Å². The highest BCUT2D eigenvalue weighted by molar-refractivity contribution is 5.92. The van der Waals surface area contributed by atoms with Crippen LogP contribution in [0.15, 0.2) is 34.0 Å². The van der Waals surface area contributed by atoms with E-state index in [9.17, 15) is 14.4 Å². The zero-order valence-electron chi connectivity index (χ0n) is 15.4. The van der Waals surface area contributed by atoms with Gasteiger partial charge < -0.3 is 4.90 Å². The van der Waals surface area contributed by atoms with E-state index in [0.29, 0.717) is 19.0 Å². The predicted octanol–water partition coefficient (Wildman–Crippen LogP) is 0.882. The number of hydrogen-bond donors (Lipinski definition) is 0. The van der Waals surface area contributed by atoms with Gasteiger partial charge in [0.2, 0.25) is 0 Å². The van der Waals surface area contributed by atoms with E-state index in [1.807, 2.05) is 19.2 Å². The fourth-order valence-electron chi connectivity index (χ4n) is 3.50. The maximum atomic E-state index is 12.8. The third-order valence-electron chi connectivity index (χ3n) is 5.13. The smallest absolute Gasteiger partial charge is 0.331 e. The summed E-state index contributed by atoms with van der Waals surface area (Å²) in [6.45, 7) is 3.26. The van der Waals surface area contributed by atoms with Crippen LogP contribution in [-0.4, -0.2) is 38.0 Å². The molecule has 2 aromatic rings. The third-order valence-corrected chi connectivity index (χ3v) is 5.13. The summed E-state index contributed by atoms with van der Waals surface area (Å²) in [6, 6.07) is 5.39. The topological polar surface area (TPSA) is 77.2 Å². The Morgan fingerprint density at radius 3 is 2.50 bits per heavy atom. The number of piperidine rings is 1. The van der Waals surface area contributed by atoms with Gasteiger partial charge in [-0.15, -0.1) is 0 Å². The zero-order chi connectivity index (χ0) is 18.8. The van der Waals surface area contributed by atoms with Crippen LogP contribution in [0.4, 0.5) is 0 Å². The Labute approximate surface area is 151 Å². The molecule has 138 valence electrons. The molecule has 3 rings (SSSR count). The molecule has 3 heterocycles. The Morgan fingerprint density at radius 2 is 1.85 bits per heavy atom. The molecule has 1 aliphatic rings.